The number of halogens is 2. The molecule has 0 aliphatic carbocycles. The Labute approximate surface area is 164 Å². The van der Waals surface area contributed by atoms with Crippen LogP contribution in [0.3, 0.4) is 0 Å². The molecule has 1 aromatic carbocycles. The van der Waals surface area contributed by atoms with Gasteiger partial charge in [0.15, 0.2) is 0 Å². The zero-order valence-electron chi connectivity index (χ0n) is 15.9. The molecule has 2 rings (SSSR count). The quantitative estimate of drug-likeness (QED) is 0.809. The van der Waals surface area contributed by atoms with Crippen molar-refractivity contribution in [2.24, 2.45) is 0 Å². The standard InChI is InChI=1S/C19H24Cl2N4O/c1-11(19(5,6)15-22-16(20)24-17(21)23-15)12-7-9-13(10-8-12)14(26)25-18(2,3)4/h7-11H,1-6H3,(H,25,26). The Morgan fingerprint density at radius 3 is 1.92 bits per heavy atom. The minimum absolute atomic E-state index is 0.0664. The fourth-order valence-corrected chi connectivity index (χ4v) is 2.92. The molecule has 5 nitrogen and oxygen atoms in total. The van der Waals surface area contributed by atoms with Crippen LogP contribution in [-0.4, -0.2) is 26.4 Å². The second-order valence-corrected chi connectivity index (χ2v) is 8.64. The summed E-state index contributed by atoms with van der Waals surface area (Å²) >= 11 is 11.8. The van der Waals surface area contributed by atoms with Crippen LogP contribution in [0.5, 0.6) is 0 Å². The van der Waals surface area contributed by atoms with Crippen LogP contribution in [0, 0.1) is 0 Å². The maximum Gasteiger partial charge on any atom is 0.251 e. The van der Waals surface area contributed by atoms with E-state index in [0.717, 1.165) is 5.56 Å². The molecule has 0 saturated heterocycles. The SMILES string of the molecule is CC(c1ccc(C(=O)NC(C)(C)C)cc1)C(C)(C)c1nc(Cl)nc(Cl)n1. The van der Waals surface area contributed by atoms with E-state index in [4.69, 9.17) is 23.2 Å². The highest BCUT2D eigenvalue weighted by Crippen LogP contribution is 2.37. The minimum Gasteiger partial charge on any atom is -0.347 e. The second kappa shape index (κ2) is 7.49. The van der Waals surface area contributed by atoms with E-state index in [2.05, 4.69) is 27.2 Å². The molecule has 2 aromatic rings. The third kappa shape index (κ3) is 4.92. The molecule has 140 valence electrons. The smallest absolute Gasteiger partial charge is 0.251 e. The van der Waals surface area contributed by atoms with Crippen molar-refractivity contribution in [1.82, 2.24) is 20.3 Å². The van der Waals surface area contributed by atoms with E-state index in [1.165, 1.54) is 0 Å². The highest BCUT2D eigenvalue weighted by atomic mass is 35.5. The van der Waals surface area contributed by atoms with Crippen molar-refractivity contribution in [3.63, 3.8) is 0 Å². The first-order valence-corrected chi connectivity index (χ1v) is 9.16. The van der Waals surface area contributed by atoms with Gasteiger partial charge in [0.1, 0.15) is 5.82 Å². The van der Waals surface area contributed by atoms with Gasteiger partial charge in [0.05, 0.1) is 0 Å². The average Bonchev–Trinajstić information content (AvgIpc) is 2.51. The van der Waals surface area contributed by atoms with Gasteiger partial charge in [-0.2, -0.15) is 4.98 Å². The predicted octanol–water partition coefficient (Wildman–Crippen LogP) is 4.79. The first kappa shape index (κ1) is 20.6. The van der Waals surface area contributed by atoms with Crippen LogP contribution in [0.25, 0.3) is 0 Å². The van der Waals surface area contributed by atoms with Gasteiger partial charge in [0, 0.05) is 16.5 Å². The maximum atomic E-state index is 12.3. The van der Waals surface area contributed by atoms with Gasteiger partial charge < -0.3 is 5.32 Å². The number of nitrogens with zero attached hydrogens (tertiary/aromatic N) is 3. The Morgan fingerprint density at radius 1 is 0.962 bits per heavy atom. The van der Waals surface area contributed by atoms with Crippen molar-refractivity contribution in [2.45, 2.75) is 58.4 Å². The third-order valence-corrected chi connectivity index (χ3v) is 4.74. The number of nitrogens with one attached hydrogen (secondary N) is 1. The number of carbonyl (C=O) groups is 1. The predicted molar refractivity (Wildman–Crippen MR) is 105 cm³/mol. The van der Waals surface area contributed by atoms with Crippen LogP contribution in [0.15, 0.2) is 24.3 Å². The van der Waals surface area contributed by atoms with Crippen LogP contribution in [-0.2, 0) is 5.41 Å². The molecule has 1 atom stereocenters. The average molecular weight is 395 g/mol. The summed E-state index contributed by atoms with van der Waals surface area (Å²) in [6.45, 7) is 12.0. The minimum atomic E-state index is -0.425. The Morgan fingerprint density at radius 2 is 1.46 bits per heavy atom. The lowest BCUT2D eigenvalue weighted by atomic mass is 9.75. The van der Waals surface area contributed by atoms with E-state index in [1.807, 2.05) is 58.9 Å². The first-order valence-electron chi connectivity index (χ1n) is 8.40. The Bertz CT molecular complexity index is 778. The number of amides is 1. The summed E-state index contributed by atoms with van der Waals surface area (Å²) in [5.41, 5.74) is 0.989. The lowest BCUT2D eigenvalue weighted by Crippen LogP contribution is -2.40. The molecular weight excluding hydrogens is 371 g/mol. The van der Waals surface area contributed by atoms with Crippen LogP contribution in [0.4, 0.5) is 0 Å². The number of hydrogen-bond donors (Lipinski definition) is 1. The number of benzene rings is 1. The van der Waals surface area contributed by atoms with Crippen molar-refractivity contribution in [1.29, 1.82) is 0 Å². The van der Waals surface area contributed by atoms with Crippen LogP contribution in [0.2, 0.25) is 10.6 Å². The summed E-state index contributed by atoms with van der Waals surface area (Å²) in [5.74, 6) is 0.508. The maximum absolute atomic E-state index is 12.3. The zero-order chi connectivity index (χ0) is 19.7. The normalized spacial score (nSPS) is 13.4. The molecule has 1 N–H and O–H groups in total. The van der Waals surface area contributed by atoms with Gasteiger partial charge in [-0.25, -0.2) is 9.97 Å². The molecule has 1 amide bonds. The van der Waals surface area contributed by atoms with Gasteiger partial charge in [0.2, 0.25) is 10.6 Å². The van der Waals surface area contributed by atoms with Gasteiger partial charge in [-0.15, -0.1) is 0 Å². The molecule has 0 radical (unpaired) electrons. The molecule has 26 heavy (non-hydrogen) atoms. The topological polar surface area (TPSA) is 67.8 Å². The first-order chi connectivity index (χ1) is 11.9. The summed E-state index contributed by atoms with van der Waals surface area (Å²) in [7, 11) is 0. The van der Waals surface area contributed by atoms with Crippen molar-refractivity contribution in [2.75, 3.05) is 0 Å². The Balaban J connectivity index is 2.26. The van der Waals surface area contributed by atoms with E-state index in [-0.39, 0.29) is 27.9 Å². The van der Waals surface area contributed by atoms with Gasteiger partial charge in [-0.05, 0) is 67.6 Å². The van der Waals surface area contributed by atoms with Crippen molar-refractivity contribution >= 4 is 29.1 Å². The van der Waals surface area contributed by atoms with E-state index in [0.29, 0.717) is 11.4 Å². The molecule has 0 aliphatic heterocycles. The summed E-state index contributed by atoms with van der Waals surface area (Å²) in [4.78, 5) is 24.5. The van der Waals surface area contributed by atoms with Crippen molar-refractivity contribution < 1.29 is 4.79 Å². The zero-order valence-corrected chi connectivity index (χ0v) is 17.4. The van der Waals surface area contributed by atoms with Gasteiger partial charge in [-0.1, -0.05) is 32.9 Å². The van der Waals surface area contributed by atoms with Gasteiger partial charge >= 0.3 is 0 Å². The van der Waals surface area contributed by atoms with E-state index < -0.39 is 5.41 Å². The van der Waals surface area contributed by atoms with Crippen molar-refractivity contribution in [3.8, 4) is 0 Å². The van der Waals surface area contributed by atoms with Crippen LogP contribution >= 0.6 is 23.2 Å². The Kier molecular flexibility index (Phi) is 5.93. The molecule has 1 unspecified atom stereocenters. The molecule has 1 heterocycles. The number of hydrogen-bond acceptors (Lipinski definition) is 4. The molecule has 0 spiro atoms. The summed E-state index contributed by atoms with van der Waals surface area (Å²) in [6, 6.07) is 7.56. The van der Waals surface area contributed by atoms with E-state index in [1.54, 1.807) is 0 Å². The van der Waals surface area contributed by atoms with Gasteiger partial charge in [-0.3, -0.25) is 4.79 Å². The second-order valence-electron chi connectivity index (χ2n) is 7.97. The molecule has 0 saturated carbocycles. The summed E-state index contributed by atoms with van der Waals surface area (Å²) in [6.07, 6.45) is 0. The summed E-state index contributed by atoms with van der Waals surface area (Å²) in [5, 5.41) is 3.11. The highest BCUT2D eigenvalue weighted by molar-refractivity contribution is 6.31. The molecule has 0 fully saturated rings. The number of aromatic nitrogens is 3. The van der Waals surface area contributed by atoms with Crippen molar-refractivity contribution in [3.05, 3.63) is 51.8 Å². The third-order valence-electron chi connectivity index (χ3n) is 4.40. The lowest BCUT2D eigenvalue weighted by Gasteiger charge is -2.30. The monoisotopic (exact) mass is 394 g/mol. The van der Waals surface area contributed by atoms with E-state index >= 15 is 0 Å². The number of rotatable bonds is 4. The van der Waals surface area contributed by atoms with E-state index in [9.17, 15) is 4.79 Å². The lowest BCUT2D eigenvalue weighted by molar-refractivity contribution is 0.0919. The van der Waals surface area contributed by atoms with Gasteiger partial charge in [0.25, 0.3) is 5.91 Å². The molecular formula is C19H24Cl2N4O. The molecule has 7 heteroatoms. The summed E-state index contributed by atoms with van der Waals surface area (Å²) < 4.78 is 0. The largest absolute Gasteiger partial charge is 0.347 e. The molecule has 1 aromatic heterocycles. The molecule has 0 aliphatic rings. The Hall–Kier alpha value is -1.72. The fraction of sp³-hybridized carbons (Fsp3) is 0.474. The fourth-order valence-electron chi connectivity index (χ4n) is 2.56. The number of carbonyl (C=O) groups excluding carboxylic acids is 1. The van der Waals surface area contributed by atoms with Crippen LogP contribution < -0.4 is 5.32 Å². The highest BCUT2D eigenvalue weighted by Gasteiger charge is 2.33. The molecule has 0 bridgehead atoms. The van der Waals surface area contributed by atoms with Crippen LogP contribution in [0.1, 0.15) is 69.2 Å².